The van der Waals surface area contributed by atoms with Gasteiger partial charge in [0, 0.05) is 18.5 Å². The van der Waals surface area contributed by atoms with Crippen LogP contribution in [0.15, 0.2) is 18.2 Å². The monoisotopic (exact) mass is 287 g/mol. The van der Waals surface area contributed by atoms with Gasteiger partial charge < -0.3 is 4.90 Å². The van der Waals surface area contributed by atoms with Crippen LogP contribution in [0.4, 0.5) is 8.78 Å². The number of nitrogens with zero attached hydrogens (tertiary/aromatic N) is 1. The number of halogens is 3. The summed E-state index contributed by atoms with van der Waals surface area (Å²) in [6, 6.07) is 3.72. The molecule has 1 saturated heterocycles. The number of alkyl halides is 1. The van der Waals surface area contributed by atoms with E-state index in [2.05, 4.69) is 0 Å². The predicted octanol–water partition coefficient (Wildman–Crippen LogP) is 3.59. The van der Waals surface area contributed by atoms with Gasteiger partial charge >= 0.3 is 0 Å². The van der Waals surface area contributed by atoms with Gasteiger partial charge in [-0.3, -0.25) is 4.79 Å². The van der Waals surface area contributed by atoms with E-state index >= 15 is 0 Å². The van der Waals surface area contributed by atoms with Gasteiger partial charge in [-0.05, 0) is 37.8 Å². The van der Waals surface area contributed by atoms with Crippen molar-refractivity contribution in [3.63, 3.8) is 0 Å². The first-order valence-electron chi connectivity index (χ1n) is 6.46. The molecule has 1 atom stereocenters. The molecule has 104 valence electrons. The zero-order valence-corrected chi connectivity index (χ0v) is 11.3. The Morgan fingerprint density at radius 3 is 2.89 bits per heavy atom. The van der Waals surface area contributed by atoms with Crippen molar-refractivity contribution in [1.82, 2.24) is 4.90 Å². The van der Waals surface area contributed by atoms with E-state index in [1.807, 2.05) is 0 Å². The Hall–Kier alpha value is -1.16. The molecule has 2 rings (SSSR count). The van der Waals surface area contributed by atoms with Crippen LogP contribution in [0, 0.1) is 11.6 Å². The zero-order valence-electron chi connectivity index (χ0n) is 10.5. The average molecular weight is 288 g/mol. The molecule has 1 aromatic rings. The summed E-state index contributed by atoms with van der Waals surface area (Å²) in [5.74, 6) is -2.04. The molecule has 1 heterocycles. The van der Waals surface area contributed by atoms with Gasteiger partial charge in [-0.25, -0.2) is 8.78 Å². The number of piperidine rings is 1. The summed E-state index contributed by atoms with van der Waals surface area (Å²) in [6.45, 7) is 0.580. The second-order valence-electron chi connectivity index (χ2n) is 4.73. The fraction of sp³-hybridized carbons (Fsp3) is 0.500. The fourth-order valence-corrected chi connectivity index (χ4v) is 2.77. The standard InChI is InChI=1S/C14H16ClF2NO/c15-8-7-10-4-1-2-9-18(10)14(19)11-5-3-6-12(16)13(11)17/h3,5-6,10H,1-2,4,7-9H2. The Labute approximate surface area is 116 Å². The normalized spacial score (nSPS) is 19.5. The molecule has 1 amide bonds. The molecule has 0 bridgehead atoms. The first kappa shape index (κ1) is 14.3. The van der Waals surface area contributed by atoms with Gasteiger partial charge in [-0.15, -0.1) is 11.6 Å². The second-order valence-corrected chi connectivity index (χ2v) is 5.11. The number of carbonyl (C=O) groups excluding carboxylic acids is 1. The Morgan fingerprint density at radius 2 is 2.16 bits per heavy atom. The molecule has 0 saturated carbocycles. The van der Waals surface area contributed by atoms with Gasteiger partial charge in [0.05, 0.1) is 5.56 Å². The molecule has 1 aliphatic heterocycles. The van der Waals surface area contributed by atoms with Gasteiger partial charge in [0.25, 0.3) is 5.91 Å². The summed E-state index contributed by atoms with van der Waals surface area (Å²) in [5, 5.41) is 0. The molecule has 19 heavy (non-hydrogen) atoms. The second kappa shape index (κ2) is 6.33. The van der Waals surface area contributed by atoms with Crippen LogP contribution in [0.25, 0.3) is 0 Å². The minimum atomic E-state index is -1.07. The van der Waals surface area contributed by atoms with Crippen molar-refractivity contribution < 1.29 is 13.6 Å². The maximum Gasteiger partial charge on any atom is 0.257 e. The molecule has 5 heteroatoms. The third-order valence-electron chi connectivity index (χ3n) is 3.51. The molecular weight excluding hydrogens is 272 g/mol. The molecule has 2 nitrogen and oxygen atoms in total. The van der Waals surface area contributed by atoms with Crippen molar-refractivity contribution in [2.45, 2.75) is 31.7 Å². The van der Waals surface area contributed by atoms with Crippen molar-refractivity contribution in [3.05, 3.63) is 35.4 Å². The van der Waals surface area contributed by atoms with E-state index in [1.165, 1.54) is 12.1 Å². The molecule has 0 spiro atoms. The topological polar surface area (TPSA) is 20.3 Å². The Bertz CT molecular complexity index is 465. The first-order chi connectivity index (χ1) is 9.15. The van der Waals surface area contributed by atoms with Gasteiger partial charge in [0.1, 0.15) is 0 Å². The fourth-order valence-electron chi connectivity index (χ4n) is 2.52. The van der Waals surface area contributed by atoms with E-state index in [0.717, 1.165) is 25.3 Å². The lowest BCUT2D eigenvalue weighted by Crippen LogP contribution is -2.44. The highest BCUT2D eigenvalue weighted by Crippen LogP contribution is 2.23. The van der Waals surface area contributed by atoms with E-state index in [9.17, 15) is 13.6 Å². The van der Waals surface area contributed by atoms with Crippen LogP contribution < -0.4 is 0 Å². The molecule has 1 fully saturated rings. The molecule has 0 N–H and O–H groups in total. The Kier molecular flexibility index (Phi) is 4.75. The first-order valence-corrected chi connectivity index (χ1v) is 6.99. The molecule has 1 aromatic carbocycles. The van der Waals surface area contributed by atoms with Crippen LogP contribution in [0.3, 0.4) is 0 Å². The van der Waals surface area contributed by atoms with Crippen LogP contribution in [-0.4, -0.2) is 29.3 Å². The maximum atomic E-state index is 13.7. The summed E-state index contributed by atoms with van der Waals surface area (Å²) in [6.07, 6.45) is 3.48. The van der Waals surface area contributed by atoms with E-state index in [0.29, 0.717) is 18.8 Å². The van der Waals surface area contributed by atoms with Crippen LogP contribution in [-0.2, 0) is 0 Å². The lowest BCUT2D eigenvalue weighted by atomic mass is 9.98. The van der Waals surface area contributed by atoms with E-state index in [1.54, 1.807) is 4.90 Å². The maximum absolute atomic E-state index is 13.7. The van der Waals surface area contributed by atoms with Crippen molar-refractivity contribution in [2.24, 2.45) is 0 Å². The van der Waals surface area contributed by atoms with Gasteiger partial charge in [-0.2, -0.15) is 0 Å². The highest BCUT2D eigenvalue weighted by molar-refractivity contribution is 6.17. The van der Waals surface area contributed by atoms with Crippen LogP contribution in [0.5, 0.6) is 0 Å². The van der Waals surface area contributed by atoms with Crippen molar-refractivity contribution in [2.75, 3.05) is 12.4 Å². The van der Waals surface area contributed by atoms with Crippen molar-refractivity contribution in [1.29, 1.82) is 0 Å². The minimum Gasteiger partial charge on any atom is -0.336 e. The van der Waals surface area contributed by atoms with Crippen LogP contribution >= 0.6 is 11.6 Å². The number of hydrogen-bond donors (Lipinski definition) is 0. The third-order valence-corrected chi connectivity index (χ3v) is 3.73. The molecular formula is C14H16ClF2NO. The molecule has 1 unspecified atom stereocenters. The number of carbonyl (C=O) groups is 1. The highest BCUT2D eigenvalue weighted by Gasteiger charge is 2.29. The number of amides is 1. The van der Waals surface area contributed by atoms with Gasteiger partial charge in [-0.1, -0.05) is 6.07 Å². The third kappa shape index (κ3) is 3.06. The summed E-state index contributed by atoms with van der Waals surface area (Å²) < 4.78 is 26.9. The number of likely N-dealkylation sites (tertiary alicyclic amines) is 1. The van der Waals surface area contributed by atoms with Crippen LogP contribution in [0.2, 0.25) is 0 Å². The molecule has 0 aromatic heterocycles. The number of rotatable bonds is 3. The lowest BCUT2D eigenvalue weighted by Gasteiger charge is -2.35. The predicted molar refractivity (Wildman–Crippen MR) is 70.4 cm³/mol. The van der Waals surface area contributed by atoms with E-state index < -0.39 is 17.5 Å². The van der Waals surface area contributed by atoms with E-state index in [-0.39, 0.29) is 11.6 Å². The van der Waals surface area contributed by atoms with Crippen LogP contribution in [0.1, 0.15) is 36.0 Å². The van der Waals surface area contributed by atoms with E-state index in [4.69, 9.17) is 11.6 Å². The smallest absolute Gasteiger partial charge is 0.257 e. The summed E-state index contributed by atoms with van der Waals surface area (Å²) in [7, 11) is 0. The highest BCUT2D eigenvalue weighted by atomic mass is 35.5. The zero-order chi connectivity index (χ0) is 13.8. The number of hydrogen-bond acceptors (Lipinski definition) is 1. The minimum absolute atomic E-state index is 0.0291. The van der Waals surface area contributed by atoms with Crippen molar-refractivity contribution in [3.8, 4) is 0 Å². The summed E-state index contributed by atoms with van der Waals surface area (Å²) in [5.41, 5.74) is -0.193. The molecule has 0 aliphatic carbocycles. The van der Waals surface area contributed by atoms with Gasteiger partial charge in [0.2, 0.25) is 0 Å². The van der Waals surface area contributed by atoms with Gasteiger partial charge in [0.15, 0.2) is 11.6 Å². The summed E-state index contributed by atoms with van der Waals surface area (Å²) in [4.78, 5) is 14.0. The largest absolute Gasteiger partial charge is 0.336 e. The average Bonchev–Trinajstić information content (AvgIpc) is 2.42. The molecule has 0 radical (unpaired) electrons. The Morgan fingerprint density at radius 1 is 1.37 bits per heavy atom. The Balaban J connectivity index is 2.23. The van der Waals surface area contributed by atoms with Crippen molar-refractivity contribution >= 4 is 17.5 Å². The SMILES string of the molecule is O=C(c1cccc(F)c1F)N1CCCCC1CCCl. The summed E-state index contributed by atoms with van der Waals surface area (Å²) >= 11 is 5.74. The quantitative estimate of drug-likeness (QED) is 0.778. The lowest BCUT2D eigenvalue weighted by molar-refractivity contribution is 0.0603. The molecule has 1 aliphatic rings. The number of benzene rings is 1.